The van der Waals surface area contributed by atoms with Crippen LogP contribution in [0.4, 0.5) is 0 Å². The summed E-state index contributed by atoms with van der Waals surface area (Å²) in [7, 11) is 4.79. The smallest absolute Gasteiger partial charge is 0.306 e. The molecule has 0 unspecified atom stereocenters. The Bertz CT molecular complexity index is 1360. The summed E-state index contributed by atoms with van der Waals surface area (Å²) in [5.74, 6) is 2.18. The number of fused-ring (bicyclic) bond motifs is 2. The zero-order chi connectivity index (χ0) is 27.6. The minimum absolute atomic E-state index is 0.0107. The summed E-state index contributed by atoms with van der Waals surface area (Å²) in [6.07, 6.45) is 1.05. The molecular weight excluding hydrogens is 496 g/mol. The zero-order valence-corrected chi connectivity index (χ0v) is 23.3. The quantitative estimate of drug-likeness (QED) is 0.317. The van der Waals surface area contributed by atoms with Crippen molar-refractivity contribution in [3.05, 3.63) is 76.3 Å². The largest absolute Gasteiger partial charge is 0.492 e. The van der Waals surface area contributed by atoms with E-state index in [1.165, 1.54) is 23.8 Å². The number of hydrogen-bond donors (Lipinski definition) is 0. The first-order valence-electron chi connectivity index (χ1n) is 13.2. The van der Waals surface area contributed by atoms with E-state index < -0.39 is 5.60 Å². The highest BCUT2D eigenvalue weighted by atomic mass is 16.6. The molecule has 0 saturated carbocycles. The number of carbonyl (C=O) groups is 1. The molecule has 0 saturated heterocycles. The van der Waals surface area contributed by atoms with Crippen LogP contribution >= 0.6 is 0 Å². The molecule has 0 bridgehead atoms. The van der Waals surface area contributed by atoms with Gasteiger partial charge in [0.2, 0.25) is 0 Å². The number of carbonyl (C=O) groups excluding carboxylic acids is 1. The third-order valence-corrected chi connectivity index (χ3v) is 7.63. The van der Waals surface area contributed by atoms with Crippen LogP contribution in [0.1, 0.15) is 40.2 Å². The van der Waals surface area contributed by atoms with Crippen molar-refractivity contribution in [1.29, 1.82) is 0 Å². The van der Waals surface area contributed by atoms with E-state index in [2.05, 4.69) is 44.2 Å². The van der Waals surface area contributed by atoms with E-state index in [1.54, 1.807) is 14.2 Å². The van der Waals surface area contributed by atoms with Crippen LogP contribution in [-0.2, 0) is 32.0 Å². The van der Waals surface area contributed by atoms with Crippen molar-refractivity contribution in [3.8, 4) is 28.4 Å². The Morgan fingerprint density at radius 3 is 2.54 bits per heavy atom. The Kier molecular flexibility index (Phi) is 7.82. The second-order valence-electron chi connectivity index (χ2n) is 10.5. The van der Waals surface area contributed by atoms with Gasteiger partial charge in [-0.2, -0.15) is 0 Å². The molecule has 3 aromatic carbocycles. The van der Waals surface area contributed by atoms with Gasteiger partial charge in [0.15, 0.2) is 5.60 Å². The van der Waals surface area contributed by atoms with E-state index in [0.717, 1.165) is 45.9 Å². The van der Waals surface area contributed by atoms with E-state index in [0.29, 0.717) is 32.8 Å². The summed E-state index contributed by atoms with van der Waals surface area (Å²) in [5, 5.41) is 0. The minimum Gasteiger partial charge on any atom is -0.492 e. The molecule has 39 heavy (non-hydrogen) atoms. The van der Waals surface area contributed by atoms with Gasteiger partial charge in [-0.25, -0.2) is 0 Å². The Morgan fingerprint density at radius 2 is 1.79 bits per heavy atom. The summed E-state index contributed by atoms with van der Waals surface area (Å²) in [5.41, 5.74) is 7.52. The molecule has 0 radical (unpaired) electrons. The van der Waals surface area contributed by atoms with Crippen LogP contribution in [0.15, 0.2) is 48.5 Å². The van der Waals surface area contributed by atoms with Crippen LogP contribution in [0.5, 0.6) is 17.2 Å². The predicted octanol–water partition coefficient (Wildman–Crippen LogP) is 5.56. The van der Waals surface area contributed by atoms with Crippen molar-refractivity contribution >= 4 is 5.97 Å². The first kappa shape index (κ1) is 27.0. The number of methoxy groups -OCH3 is 3. The highest BCUT2D eigenvalue weighted by molar-refractivity contribution is 5.75. The molecule has 7 heteroatoms. The van der Waals surface area contributed by atoms with Gasteiger partial charge in [-0.15, -0.1) is 0 Å². The molecule has 0 aromatic heterocycles. The maximum atomic E-state index is 11.7. The maximum absolute atomic E-state index is 11.7. The predicted molar refractivity (Wildman–Crippen MR) is 148 cm³/mol. The number of aryl methyl sites for hydroxylation is 1. The first-order chi connectivity index (χ1) is 18.9. The molecule has 0 fully saturated rings. The second kappa shape index (κ2) is 11.3. The molecule has 2 heterocycles. The number of hydrogen-bond acceptors (Lipinski definition) is 7. The van der Waals surface area contributed by atoms with Gasteiger partial charge in [-0.3, -0.25) is 4.79 Å². The summed E-state index contributed by atoms with van der Waals surface area (Å²) >= 11 is 0. The van der Waals surface area contributed by atoms with Crippen molar-refractivity contribution in [1.82, 2.24) is 0 Å². The highest BCUT2D eigenvalue weighted by Crippen LogP contribution is 2.43. The molecule has 206 valence electrons. The van der Waals surface area contributed by atoms with Crippen LogP contribution < -0.4 is 14.2 Å². The molecule has 1 atom stereocenters. The van der Waals surface area contributed by atoms with Crippen molar-refractivity contribution < 1.29 is 33.2 Å². The van der Waals surface area contributed by atoms with E-state index in [9.17, 15) is 4.79 Å². The van der Waals surface area contributed by atoms with E-state index in [-0.39, 0.29) is 11.9 Å². The minimum atomic E-state index is -0.504. The normalized spacial score (nSPS) is 16.7. The molecule has 2 aliphatic heterocycles. The van der Waals surface area contributed by atoms with Crippen LogP contribution in [0.2, 0.25) is 0 Å². The molecular formula is C32H36O7. The van der Waals surface area contributed by atoms with Gasteiger partial charge < -0.3 is 28.4 Å². The fourth-order valence-corrected chi connectivity index (χ4v) is 5.85. The van der Waals surface area contributed by atoms with Crippen molar-refractivity contribution in [2.24, 2.45) is 0 Å². The topological polar surface area (TPSA) is 72.5 Å². The highest BCUT2D eigenvalue weighted by Gasteiger charge is 2.41. The zero-order valence-electron chi connectivity index (χ0n) is 23.3. The van der Waals surface area contributed by atoms with Crippen molar-refractivity contribution in [2.75, 3.05) is 41.2 Å². The molecule has 2 aliphatic rings. The van der Waals surface area contributed by atoms with Gasteiger partial charge in [-0.05, 0) is 59.9 Å². The van der Waals surface area contributed by atoms with Crippen LogP contribution in [0.3, 0.4) is 0 Å². The molecule has 0 amide bonds. The maximum Gasteiger partial charge on any atom is 0.306 e. The Labute approximate surface area is 229 Å². The summed E-state index contributed by atoms with van der Waals surface area (Å²) in [4.78, 5) is 11.7. The lowest BCUT2D eigenvalue weighted by molar-refractivity contribution is -0.141. The second-order valence-corrected chi connectivity index (χ2v) is 10.5. The Hall–Kier alpha value is -3.55. The van der Waals surface area contributed by atoms with Crippen LogP contribution in [0, 0.1) is 13.8 Å². The molecule has 0 aliphatic carbocycles. The number of ether oxygens (including phenoxy) is 6. The van der Waals surface area contributed by atoms with Gasteiger partial charge in [0, 0.05) is 43.8 Å². The van der Waals surface area contributed by atoms with Gasteiger partial charge in [0.05, 0.1) is 33.4 Å². The number of rotatable bonds is 10. The number of esters is 1. The summed E-state index contributed by atoms with van der Waals surface area (Å²) in [6.45, 7) is 6.13. The van der Waals surface area contributed by atoms with Gasteiger partial charge >= 0.3 is 5.97 Å². The van der Waals surface area contributed by atoms with E-state index in [1.807, 2.05) is 18.2 Å². The molecule has 0 N–H and O–H groups in total. The third-order valence-electron chi connectivity index (χ3n) is 7.63. The molecule has 3 aromatic rings. The standard InChI is InChI=1S/C32H36O7/c1-20-11-29-27(15-32(39-29,18-34-3)19-35-4)21(2)31(20)23-8-6-7-22(12-23)16-37-25-9-10-26-24(13-30(33)36-5)17-38-28(26)14-25/h6-12,14,24H,13,15-19H2,1-5H3/t24-/m1/s1. The average molecular weight is 533 g/mol. The monoisotopic (exact) mass is 532 g/mol. The van der Waals surface area contributed by atoms with E-state index >= 15 is 0 Å². The van der Waals surface area contributed by atoms with Crippen molar-refractivity contribution in [3.63, 3.8) is 0 Å². The van der Waals surface area contributed by atoms with Crippen LogP contribution in [0.25, 0.3) is 11.1 Å². The lowest BCUT2D eigenvalue weighted by atomic mass is 9.88. The van der Waals surface area contributed by atoms with Crippen LogP contribution in [-0.4, -0.2) is 52.7 Å². The summed E-state index contributed by atoms with van der Waals surface area (Å²) in [6, 6.07) is 16.4. The number of benzene rings is 3. The fourth-order valence-electron chi connectivity index (χ4n) is 5.85. The fraction of sp³-hybridized carbons (Fsp3) is 0.406. The average Bonchev–Trinajstić information content (AvgIpc) is 3.49. The van der Waals surface area contributed by atoms with Gasteiger partial charge in [0.1, 0.15) is 23.9 Å². The van der Waals surface area contributed by atoms with E-state index in [4.69, 9.17) is 28.4 Å². The first-order valence-corrected chi connectivity index (χ1v) is 13.2. The molecule has 0 spiro atoms. The van der Waals surface area contributed by atoms with Gasteiger partial charge in [0.25, 0.3) is 0 Å². The van der Waals surface area contributed by atoms with Crippen molar-refractivity contribution in [2.45, 2.75) is 44.8 Å². The van der Waals surface area contributed by atoms with Gasteiger partial charge in [-0.1, -0.05) is 24.3 Å². The third kappa shape index (κ3) is 5.47. The molecule has 5 rings (SSSR count). The Balaban J connectivity index is 1.33. The SMILES string of the molecule is COCC1(COC)Cc2c(cc(C)c(-c3cccc(COc4ccc5c(c4)OC[C@H]5CC(=O)OC)c3)c2C)O1. The lowest BCUT2D eigenvalue weighted by Crippen LogP contribution is -2.44. The lowest BCUT2D eigenvalue weighted by Gasteiger charge is -2.27. The summed E-state index contributed by atoms with van der Waals surface area (Å²) < 4.78 is 34.1. The Morgan fingerprint density at radius 1 is 1.00 bits per heavy atom. The molecule has 7 nitrogen and oxygen atoms in total.